The zero-order valence-corrected chi connectivity index (χ0v) is 17.5. The lowest BCUT2D eigenvalue weighted by molar-refractivity contribution is 0.284. The average Bonchev–Trinajstić information content (AvgIpc) is 3.16. The van der Waals surface area contributed by atoms with Crippen molar-refractivity contribution in [1.82, 2.24) is 9.55 Å². The Bertz CT molecular complexity index is 1070. The summed E-state index contributed by atoms with van der Waals surface area (Å²) in [6.07, 6.45) is 3.95. The van der Waals surface area contributed by atoms with E-state index in [1.807, 2.05) is 24.3 Å². The maximum atomic E-state index is 5.92. The van der Waals surface area contributed by atoms with E-state index in [9.17, 15) is 0 Å². The number of aromatic nitrogens is 2. The van der Waals surface area contributed by atoms with Crippen LogP contribution in [0.15, 0.2) is 78.9 Å². The number of hydrogen-bond donors (Lipinski definition) is 0. The first-order valence-corrected chi connectivity index (χ1v) is 10.6. The van der Waals surface area contributed by atoms with Gasteiger partial charge in [-0.2, -0.15) is 0 Å². The Morgan fingerprint density at radius 1 is 0.767 bits per heavy atom. The molecule has 0 aliphatic rings. The van der Waals surface area contributed by atoms with Gasteiger partial charge in [-0.15, -0.1) is 0 Å². The number of ether oxygens (including phenoxy) is 2. The second-order valence-electron chi connectivity index (χ2n) is 7.36. The Hall–Kier alpha value is -3.27. The number of nitrogens with zero attached hydrogens (tertiary/aromatic N) is 2. The fourth-order valence-electron chi connectivity index (χ4n) is 3.76. The molecule has 4 heteroatoms. The minimum Gasteiger partial charge on any atom is -0.493 e. The van der Waals surface area contributed by atoms with Crippen LogP contribution in [0.4, 0.5) is 0 Å². The van der Waals surface area contributed by atoms with E-state index in [2.05, 4.69) is 59.2 Å². The lowest BCUT2D eigenvalue weighted by Crippen LogP contribution is -2.07. The topological polar surface area (TPSA) is 36.3 Å². The molecule has 0 saturated carbocycles. The molecule has 0 fully saturated rings. The molecule has 4 aromatic rings. The van der Waals surface area contributed by atoms with Gasteiger partial charge in [-0.05, 0) is 49.1 Å². The van der Waals surface area contributed by atoms with E-state index in [-0.39, 0.29) is 0 Å². The van der Waals surface area contributed by atoms with E-state index < -0.39 is 0 Å². The summed E-state index contributed by atoms with van der Waals surface area (Å²) in [7, 11) is 1.67. The number of hydrogen-bond acceptors (Lipinski definition) is 3. The molecule has 0 unspecified atom stereocenters. The van der Waals surface area contributed by atoms with Crippen molar-refractivity contribution in [2.45, 2.75) is 32.2 Å². The summed E-state index contributed by atoms with van der Waals surface area (Å²) in [5.74, 6) is 2.74. The second kappa shape index (κ2) is 9.97. The van der Waals surface area contributed by atoms with Crippen LogP contribution in [0.3, 0.4) is 0 Å². The zero-order chi connectivity index (χ0) is 20.6. The zero-order valence-electron chi connectivity index (χ0n) is 17.5. The third-order valence-corrected chi connectivity index (χ3v) is 5.32. The van der Waals surface area contributed by atoms with E-state index in [1.54, 1.807) is 7.11 Å². The number of aryl methyl sites for hydroxylation is 3. The predicted molar refractivity (Wildman–Crippen MR) is 121 cm³/mol. The average molecular weight is 401 g/mol. The molecule has 4 nitrogen and oxygen atoms in total. The largest absolute Gasteiger partial charge is 0.493 e. The molecule has 0 aliphatic carbocycles. The van der Waals surface area contributed by atoms with Gasteiger partial charge in [0, 0.05) is 13.0 Å². The molecular formula is C26H28N2O2. The summed E-state index contributed by atoms with van der Waals surface area (Å²) in [5.41, 5.74) is 3.64. The molecule has 154 valence electrons. The molecule has 4 rings (SSSR count). The molecule has 0 radical (unpaired) electrons. The molecule has 0 N–H and O–H groups in total. The Labute approximate surface area is 178 Å². The van der Waals surface area contributed by atoms with Crippen molar-refractivity contribution in [3.63, 3.8) is 0 Å². The van der Waals surface area contributed by atoms with Crippen molar-refractivity contribution < 1.29 is 9.47 Å². The van der Waals surface area contributed by atoms with Gasteiger partial charge in [0.15, 0.2) is 11.5 Å². The van der Waals surface area contributed by atoms with E-state index in [1.165, 1.54) is 11.1 Å². The van der Waals surface area contributed by atoms with Gasteiger partial charge < -0.3 is 14.0 Å². The van der Waals surface area contributed by atoms with Gasteiger partial charge in [0.2, 0.25) is 0 Å². The minimum atomic E-state index is 0.673. The Balaban J connectivity index is 1.37. The normalized spacial score (nSPS) is 11.0. The van der Waals surface area contributed by atoms with Crippen LogP contribution in [0, 0.1) is 0 Å². The van der Waals surface area contributed by atoms with Crippen LogP contribution in [-0.2, 0) is 19.4 Å². The first-order valence-electron chi connectivity index (χ1n) is 10.6. The molecule has 0 atom stereocenters. The third kappa shape index (κ3) is 4.82. The van der Waals surface area contributed by atoms with Crippen LogP contribution < -0.4 is 9.47 Å². The third-order valence-electron chi connectivity index (χ3n) is 5.32. The van der Waals surface area contributed by atoms with Gasteiger partial charge in [0.25, 0.3) is 0 Å². The molecule has 0 spiro atoms. The Morgan fingerprint density at radius 3 is 2.33 bits per heavy atom. The van der Waals surface area contributed by atoms with E-state index in [0.717, 1.165) is 55.1 Å². The molecule has 0 amide bonds. The molecule has 1 aromatic heterocycles. The highest BCUT2D eigenvalue weighted by atomic mass is 16.5. The lowest BCUT2D eigenvalue weighted by atomic mass is 10.1. The van der Waals surface area contributed by atoms with Gasteiger partial charge in [-0.3, -0.25) is 0 Å². The summed E-state index contributed by atoms with van der Waals surface area (Å²) in [4.78, 5) is 4.91. The van der Waals surface area contributed by atoms with Gasteiger partial charge >= 0.3 is 0 Å². The van der Waals surface area contributed by atoms with Gasteiger partial charge in [-0.1, -0.05) is 54.6 Å². The summed E-state index contributed by atoms with van der Waals surface area (Å²) in [5, 5.41) is 0. The monoisotopic (exact) mass is 400 g/mol. The summed E-state index contributed by atoms with van der Waals surface area (Å²) in [6, 6.07) is 26.8. The Morgan fingerprint density at radius 2 is 1.50 bits per heavy atom. The Kier molecular flexibility index (Phi) is 6.65. The summed E-state index contributed by atoms with van der Waals surface area (Å²) in [6.45, 7) is 1.62. The summed E-state index contributed by atoms with van der Waals surface area (Å²) >= 11 is 0. The van der Waals surface area contributed by atoms with E-state index >= 15 is 0 Å². The summed E-state index contributed by atoms with van der Waals surface area (Å²) < 4.78 is 13.6. The molecular weight excluding hydrogens is 372 g/mol. The van der Waals surface area contributed by atoms with E-state index in [0.29, 0.717) is 6.61 Å². The standard InChI is InChI=1S/C26H28N2O2/c1-29-24-15-7-8-16-25(24)30-20-10-9-19-28-23-14-6-5-13-22(23)27-26(28)18-17-21-11-3-2-4-12-21/h2-8,11-16H,9-10,17-20H2,1H3. The molecule has 0 aliphatic heterocycles. The maximum absolute atomic E-state index is 5.92. The first-order chi connectivity index (χ1) is 14.8. The molecule has 3 aromatic carbocycles. The number of unbranched alkanes of at least 4 members (excludes halogenated alkanes) is 1. The fourth-order valence-corrected chi connectivity index (χ4v) is 3.76. The van der Waals surface area contributed by atoms with Crippen LogP contribution >= 0.6 is 0 Å². The smallest absolute Gasteiger partial charge is 0.161 e. The predicted octanol–water partition coefficient (Wildman–Crippen LogP) is 5.69. The van der Waals surface area contributed by atoms with Crippen molar-refractivity contribution in [2.75, 3.05) is 13.7 Å². The number of rotatable bonds is 10. The van der Waals surface area contributed by atoms with Crippen molar-refractivity contribution in [3.8, 4) is 11.5 Å². The highest BCUT2D eigenvalue weighted by Gasteiger charge is 2.10. The van der Waals surface area contributed by atoms with Gasteiger partial charge in [-0.25, -0.2) is 4.98 Å². The number of benzene rings is 3. The number of fused-ring (bicyclic) bond motifs is 1. The van der Waals surface area contributed by atoms with Crippen LogP contribution in [0.5, 0.6) is 11.5 Å². The second-order valence-corrected chi connectivity index (χ2v) is 7.36. The highest BCUT2D eigenvalue weighted by molar-refractivity contribution is 5.75. The molecule has 0 saturated heterocycles. The van der Waals surface area contributed by atoms with Gasteiger partial charge in [0.1, 0.15) is 5.82 Å². The van der Waals surface area contributed by atoms with Crippen LogP contribution in [0.1, 0.15) is 24.2 Å². The minimum absolute atomic E-state index is 0.673. The van der Waals surface area contributed by atoms with Crippen LogP contribution in [-0.4, -0.2) is 23.3 Å². The molecule has 0 bridgehead atoms. The number of para-hydroxylation sites is 4. The van der Waals surface area contributed by atoms with Crippen molar-refractivity contribution in [3.05, 3.63) is 90.3 Å². The quantitative estimate of drug-likeness (QED) is 0.321. The van der Waals surface area contributed by atoms with Gasteiger partial charge in [0.05, 0.1) is 24.8 Å². The first kappa shape index (κ1) is 20.0. The fraction of sp³-hybridized carbons (Fsp3) is 0.269. The maximum Gasteiger partial charge on any atom is 0.161 e. The highest BCUT2D eigenvalue weighted by Crippen LogP contribution is 2.26. The number of methoxy groups -OCH3 is 1. The van der Waals surface area contributed by atoms with Crippen molar-refractivity contribution in [1.29, 1.82) is 0 Å². The SMILES string of the molecule is COc1ccccc1OCCCCn1c(CCc2ccccc2)nc2ccccc21. The van der Waals surface area contributed by atoms with Crippen LogP contribution in [0.25, 0.3) is 11.0 Å². The molecule has 30 heavy (non-hydrogen) atoms. The lowest BCUT2D eigenvalue weighted by Gasteiger charge is -2.12. The van der Waals surface area contributed by atoms with Crippen molar-refractivity contribution >= 4 is 11.0 Å². The van der Waals surface area contributed by atoms with Crippen molar-refractivity contribution in [2.24, 2.45) is 0 Å². The van der Waals surface area contributed by atoms with E-state index in [4.69, 9.17) is 14.5 Å². The van der Waals surface area contributed by atoms with Crippen LogP contribution in [0.2, 0.25) is 0 Å². The molecule has 1 heterocycles. The number of imidazole rings is 1.